The fourth-order valence-electron chi connectivity index (χ4n) is 1.59. The summed E-state index contributed by atoms with van der Waals surface area (Å²) in [6.45, 7) is 1.53. The van der Waals surface area contributed by atoms with E-state index in [0.29, 0.717) is 5.69 Å². The maximum Gasteiger partial charge on any atom is 0.451 e. The van der Waals surface area contributed by atoms with Gasteiger partial charge in [-0.2, -0.15) is 13.2 Å². The molecule has 2 rings (SSSR count). The van der Waals surface area contributed by atoms with Crippen molar-refractivity contribution >= 4 is 35.0 Å². The molecular formula is C12H11ClF3N5OS. The van der Waals surface area contributed by atoms with Crippen molar-refractivity contribution in [3.63, 3.8) is 0 Å². The van der Waals surface area contributed by atoms with E-state index in [0.717, 1.165) is 16.3 Å². The van der Waals surface area contributed by atoms with Gasteiger partial charge < -0.3 is 9.88 Å². The monoisotopic (exact) mass is 365 g/mol. The Bertz CT molecular complexity index is 721. The fourth-order valence-corrected chi connectivity index (χ4v) is 2.57. The Hall–Kier alpha value is -1.81. The van der Waals surface area contributed by atoms with Crippen LogP contribution in [0.1, 0.15) is 12.7 Å². The highest BCUT2D eigenvalue weighted by Gasteiger charge is 2.37. The van der Waals surface area contributed by atoms with E-state index < -0.39 is 23.2 Å². The highest BCUT2D eigenvalue weighted by Crippen LogP contribution is 2.31. The lowest BCUT2D eigenvalue weighted by Gasteiger charge is -2.12. The van der Waals surface area contributed by atoms with Crippen molar-refractivity contribution in [2.45, 2.75) is 23.5 Å². The Morgan fingerprint density at radius 2 is 2.13 bits per heavy atom. The number of carbonyl (C=O) groups excluding carboxylic acids is 1. The standard InChI is InChI=1S/C12H11ClF3N5OS/c1-6(9(22)18-7-4-3-5-17-8(7)13)23-11-20-19-10(21(11)2)12(14,15)16/h3-6H,1-2H3,(H,18,22)/t6-/m1/s1. The number of hydrogen-bond acceptors (Lipinski definition) is 5. The molecule has 0 aliphatic heterocycles. The molecule has 23 heavy (non-hydrogen) atoms. The Morgan fingerprint density at radius 1 is 1.43 bits per heavy atom. The number of carbonyl (C=O) groups is 1. The lowest BCUT2D eigenvalue weighted by Crippen LogP contribution is -2.23. The van der Waals surface area contributed by atoms with Crippen LogP contribution in [0.2, 0.25) is 5.15 Å². The van der Waals surface area contributed by atoms with Crippen LogP contribution in [0.15, 0.2) is 23.5 Å². The molecular weight excluding hydrogens is 355 g/mol. The van der Waals surface area contributed by atoms with E-state index in [1.165, 1.54) is 20.2 Å². The second kappa shape index (κ2) is 6.75. The molecule has 1 N–H and O–H groups in total. The number of rotatable bonds is 4. The first-order valence-electron chi connectivity index (χ1n) is 6.24. The van der Waals surface area contributed by atoms with Gasteiger partial charge in [0.1, 0.15) is 0 Å². The topological polar surface area (TPSA) is 72.7 Å². The summed E-state index contributed by atoms with van der Waals surface area (Å²) in [5, 5.41) is 8.51. The van der Waals surface area contributed by atoms with Gasteiger partial charge in [0.15, 0.2) is 10.3 Å². The third-order valence-corrected chi connectivity index (χ3v) is 4.19. The first-order chi connectivity index (χ1) is 10.7. The molecule has 11 heteroatoms. The number of nitrogens with zero attached hydrogens (tertiary/aromatic N) is 4. The number of hydrogen-bond donors (Lipinski definition) is 1. The van der Waals surface area contributed by atoms with Crippen LogP contribution in [-0.4, -0.2) is 30.9 Å². The van der Waals surface area contributed by atoms with Crippen LogP contribution >= 0.6 is 23.4 Å². The van der Waals surface area contributed by atoms with Gasteiger partial charge in [0.2, 0.25) is 11.7 Å². The molecule has 1 amide bonds. The summed E-state index contributed by atoms with van der Waals surface area (Å²) in [6, 6.07) is 3.16. The minimum Gasteiger partial charge on any atom is -0.322 e. The van der Waals surface area contributed by atoms with Crippen LogP contribution in [0, 0.1) is 0 Å². The van der Waals surface area contributed by atoms with Crippen molar-refractivity contribution in [2.24, 2.45) is 7.05 Å². The van der Waals surface area contributed by atoms with Crippen molar-refractivity contribution in [3.05, 3.63) is 29.3 Å². The maximum atomic E-state index is 12.7. The Labute approximate surface area is 138 Å². The number of amides is 1. The second-order valence-electron chi connectivity index (χ2n) is 4.45. The van der Waals surface area contributed by atoms with E-state index in [2.05, 4.69) is 20.5 Å². The van der Waals surface area contributed by atoms with Gasteiger partial charge in [0.05, 0.1) is 10.9 Å². The predicted molar refractivity (Wildman–Crippen MR) is 79.2 cm³/mol. The van der Waals surface area contributed by atoms with E-state index in [-0.39, 0.29) is 10.3 Å². The number of nitrogens with one attached hydrogen (secondary N) is 1. The number of thioether (sulfide) groups is 1. The van der Waals surface area contributed by atoms with E-state index >= 15 is 0 Å². The lowest BCUT2D eigenvalue weighted by atomic mass is 10.4. The average molecular weight is 366 g/mol. The molecule has 6 nitrogen and oxygen atoms in total. The molecule has 0 saturated carbocycles. The van der Waals surface area contributed by atoms with Gasteiger partial charge in [0.25, 0.3) is 0 Å². The zero-order chi connectivity index (χ0) is 17.2. The third-order valence-electron chi connectivity index (χ3n) is 2.76. The highest BCUT2D eigenvalue weighted by atomic mass is 35.5. The van der Waals surface area contributed by atoms with Crippen LogP contribution in [0.3, 0.4) is 0 Å². The molecule has 0 unspecified atom stereocenters. The normalized spacial score (nSPS) is 13.0. The summed E-state index contributed by atoms with van der Waals surface area (Å²) in [6.07, 6.45) is -3.14. The van der Waals surface area contributed by atoms with Gasteiger partial charge in [-0.15, -0.1) is 10.2 Å². The van der Waals surface area contributed by atoms with Crippen molar-refractivity contribution in [2.75, 3.05) is 5.32 Å². The molecule has 0 radical (unpaired) electrons. The molecule has 0 bridgehead atoms. The fraction of sp³-hybridized carbons (Fsp3) is 0.333. The van der Waals surface area contributed by atoms with Gasteiger partial charge in [0, 0.05) is 13.2 Å². The highest BCUT2D eigenvalue weighted by molar-refractivity contribution is 8.00. The van der Waals surface area contributed by atoms with Gasteiger partial charge in [-0.3, -0.25) is 4.79 Å². The molecule has 0 fully saturated rings. The molecule has 0 aliphatic rings. The smallest absolute Gasteiger partial charge is 0.322 e. The molecule has 2 aromatic heterocycles. The summed E-state index contributed by atoms with van der Waals surface area (Å²) in [4.78, 5) is 15.9. The zero-order valence-corrected chi connectivity index (χ0v) is 13.5. The van der Waals surface area contributed by atoms with Crippen molar-refractivity contribution < 1.29 is 18.0 Å². The van der Waals surface area contributed by atoms with E-state index in [1.54, 1.807) is 12.1 Å². The quantitative estimate of drug-likeness (QED) is 0.666. The number of anilines is 1. The van der Waals surface area contributed by atoms with Gasteiger partial charge in [-0.25, -0.2) is 4.98 Å². The molecule has 124 valence electrons. The lowest BCUT2D eigenvalue weighted by molar-refractivity contribution is -0.147. The SMILES string of the molecule is C[C@@H](Sc1nnc(C(F)(F)F)n1C)C(=O)Nc1cccnc1Cl. The van der Waals surface area contributed by atoms with Crippen molar-refractivity contribution in [1.82, 2.24) is 19.7 Å². The first-order valence-corrected chi connectivity index (χ1v) is 7.50. The maximum absolute atomic E-state index is 12.7. The Balaban J connectivity index is 2.07. The Kier molecular flexibility index (Phi) is 5.15. The van der Waals surface area contributed by atoms with Crippen LogP contribution < -0.4 is 5.32 Å². The number of pyridine rings is 1. The first kappa shape index (κ1) is 17.5. The van der Waals surface area contributed by atoms with Gasteiger partial charge in [-0.1, -0.05) is 23.4 Å². The minimum atomic E-state index is -4.60. The summed E-state index contributed by atoms with van der Waals surface area (Å²) >= 11 is 6.68. The minimum absolute atomic E-state index is 0.0164. The van der Waals surface area contributed by atoms with E-state index in [4.69, 9.17) is 11.6 Å². The molecule has 0 spiro atoms. The predicted octanol–water partition coefficient (Wildman–Crippen LogP) is 3.00. The van der Waals surface area contributed by atoms with Crippen LogP contribution in [0.5, 0.6) is 0 Å². The van der Waals surface area contributed by atoms with Crippen LogP contribution in [0.25, 0.3) is 0 Å². The van der Waals surface area contributed by atoms with E-state index in [1.807, 2.05) is 0 Å². The number of halogens is 4. The molecule has 0 aliphatic carbocycles. The summed E-state index contributed by atoms with van der Waals surface area (Å²) < 4.78 is 38.8. The van der Waals surface area contributed by atoms with Crippen molar-refractivity contribution in [1.29, 1.82) is 0 Å². The number of alkyl halides is 3. The second-order valence-corrected chi connectivity index (χ2v) is 6.12. The average Bonchev–Trinajstić information content (AvgIpc) is 2.82. The summed E-state index contributed by atoms with van der Waals surface area (Å²) in [7, 11) is 1.19. The zero-order valence-electron chi connectivity index (χ0n) is 11.9. The third kappa shape index (κ3) is 4.14. The van der Waals surface area contributed by atoms with Gasteiger partial charge in [-0.05, 0) is 19.1 Å². The van der Waals surface area contributed by atoms with Gasteiger partial charge >= 0.3 is 6.18 Å². The molecule has 2 aromatic rings. The van der Waals surface area contributed by atoms with E-state index in [9.17, 15) is 18.0 Å². The van der Waals surface area contributed by atoms with Crippen LogP contribution in [0.4, 0.5) is 18.9 Å². The van der Waals surface area contributed by atoms with Crippen molar-refractivity contribution in [3.8, 4) is 0 Å². The molecule has 0 saturated heterocycles. The Morgan fingerprint density at radius 3 is 2.70 bits per heavy atom. The summed E-state index contributed by atoms with van der Waals surface area (Å²) in [5.41, 5.74) is 0.320. The van der Waals surface area contributed by atoms with Crippen LogP contribution in [-0.2, 0) is 18.0 Å². The number of aromatic nitrogens is 4. The molecule has 0 aromatic carbocycles. The molecule has 1 atom stereocenters. The largest absolute Gasteiger partial charge is 0.451 e. The summed E-state index contributed by atoms with van der Waals surface area (Å²) in [5.74, 6) is -1.57. The molecule has 2 heterocycles.